The summed E-state index contributed by atoms with van der Waals surface area (Å²) in [5.41, 5.74) is 4.42. The lowest BCUT2D eigenvalue weighted by molar-refractivity contribution is -0.117. The molecule has 6 aromatic heterocycles. The second-order valence-corrected chi connectivity index (χ2v) is 36.7. The molecule has 0 amide bonds. The molecule has 14 N–H and O–H groups in total. The van der Waals surface area contributed by atoms with Crippen LogP contribution in [0.4, 0.5) is 0 Å². The van der Waals surface area contributed by atoms with Crippen LogP contribution in [0, 0.1) is 0 Å². The molecule has 0 radical (unpaired) electrons. The zero-order valence-electron chi connectivity index (χ0n) is 72.7. The molecule has 11 aromatic rings. The van der Waals surface area contributed by atoms with Crippen molar-refractivity contribution < 1.29 is 76.3 Å². The number of aliphatic hydroxyl groups excluding tert-OH is 14. The van der Waals surface area contributed by atoms with Gasteiger partial charge in [0.25, 0.3) is 0 Å². The minimum atomic E-state index is -1.64. The summed E-state index contributed by atoms with van der Waals surface area (Å²) in [6.07, 6.45) is -9.77. The van der Waals surface area contributed by atoms with Crippen molar-refractivity contribution in [2.45, 2.75) is 268 Å². The van der Waals surface area contributed by atoms with Gasteiger partial charge in [-0.15, -0.1) is 5.10 Å². The summed E-state index contributed by atoms with van der Waals surface area (Å²) in [5.74, 6) is -0.0364. The molecule has 0 aliphatic carbocycles. The quantitative estimate of drug-likeness (QED) is 0.0327. The fraction of sp³-hybridized carbons (Fsp3) is 0.517. The van der Waals surface area contributed by atoms with Crippen molar-refractivity contribution in [2.24, 2.45) is 0 Å². The molecule has 1 unspecified atom stereocenters. The van der Waals surface area contributed by atoms with Crippen LogP contribution < -0.4 is 55.6 Å². The average molecular weight is 1760 g/mol. The Morgan fingerprint density at radius 3 is 0.803 bits per heavy atom. The number of rotatable bonds is 22. The minimum Gasteiger partial charge on any atom is -0.394 e. The second-order valence-electron chi connectivity index (χ2n) is 36.7. The lowest BCUT2D eigenvalue weighted by Crippen LogP contribution is -2.48. The molecule has 0 saturated carbocycles. The van der Waals surface area contributed by atoms with Gasteiger partial charge in [-0.25, -0.2) is 4.68 Å². The van der Waals surface area contributed by atoms with Crippen molar-refractivity contribution >= 4 is 61.0 Å². The fourth-order valence-corrected chi connectivity index (χ4v) is 17.8. The van der Waals surface area contributed by atoms with Crippen molar-refractivity contribution in [1.29, 1.82) is 0 Å². The van der Waals surface area contributed by atoms with Crippen molar-refractivity contribution in [1.82, 2.24) is 60.7 Å². The Labute approximate surface area is 723 Å². The third-order valence-corrected chi connectivity index (χ3v) is 25.6. The number of hydrogen-bond donors (Lipinski definition) is 14. The van der Waals surface area contributed by atoms with Gasteiger partial charge < -0.3 is 94.3 Å². The first-order valence-corrected chi connectivity index (χ1v) is 42.2. The zero-order chi connectivity index (χ0) is 93.1. The predicted molar refractivity (Wildman–Crippen MR) is 469 cm³/mol. The van der Waals surface area contributed by atoms with Gasteiger partial charge in [-0.05, 0) is 124 Å². The molecule has 0 saturated heterocycles. The van der Waals surface area contributed by atoms with E-state index in [1.807, 2.05) is 48.5 Å². The van der Waals surface area contributed by atoms with Crippen molar-refractivity contribution in [3.8, 4) is 0 Å². The molecule has 10 atom stereocenters. The van der Waals surface area contributed by atoms with E-state index < -0.39 is 143 Å². The van der Waals surface area contributed by atoms with E-state index in [9.17, 15) is 104 Å². The van der Waals surface area contributed by atoms with Crippen LogP contribution >= 0.6 is 0 Å². The molecule has 11 heterocycles. The molecular weight excluding hydrogens is 1650 g/mol. The van der Waals surface area contributed by atoms with Gasteiger partial charge >= 0.3 is 55.6 Å². The predicted octanol–water partition coefficient (Wildman–Crippen LogP) is -1.97. The van der Waals surface area contributed by atoms with E-state index in [1.54, 1.807) is 57.8 Å². The van der Waals surface area contributed by atoms with Gasteiger partial charge in [0.1, 0.15) is 67.2 Å². The molecule has 0 spiro atoms. The monoisotopic (exact) mass is 1760 g/mol. The number of carbonyl (C=O) groups is 1. The number of benzene rings is 5. The Balaban J connectivity index is 0.000000144. The molecule has 38 nitrogen and oxygen atoms in total. The Hall–Kier alpha value is -11.0. The lowest BCUT2D eigenvalue weighted by Gasteiger charge is -2.33. The smallest absolute Gasteiger partial charge is 0.317 e. The number of aromatic nitrogens is 13. The van der Waals surface area contributed by atoms with E-state index in [1.165, 1.54) is 34.4 Å². The first kappa shape index (κ1) is 95.2. The van der Waals surface area contributed by atoms with Gasteiger partial charge in [-0.3, -0.25) is 75.6 Å². The summed E-state index contributed by atoms with van der Waals surface area (Å²) < 4.78 is 15.1. The number of hydrogen-bond acceptors (Lipinski definition) is 27. The lowest BCUT2D eigenvalue weighted by atomic mass is 9.78. The molecule has 38 heteroatoms. The summed E-state index contributed by atoms with van der Waals surface area (Å²) in [5, 5.41) is 142. The van der Waals surface area contributed by atoms with Gasteiger partial charge in [0.05, 0.1) is 127 Å². The highest BCUT2D eigenvalue weighted by Gasteiger charge is 2.39. The molecule has 5 aliphatic rings. The number of nitrogens with zero attached hydrogens (tertiary/aromatic N) is 13. The average Bonchev–Trinajstić information content (AvgIpc) is 0.948. The Bertz CT molecular complexity index is 6340. The molecule has 0 bridgehead atoms. The van der Waals surface area contributed by atoms with Gasteiger partial charge in [0.15, 0.2) is 5.78 Å². The Kier molecular flexibility index (Phi) is 27.7. The molecule has 127 heavy (non-hydrogen) atoms. The Morgan fingerprint density at radius 2 is 0.567 bits per heavy atom. The second kappa shape index (κ2) is 37.0. The number of para-hydroxylation sites is 5. The van der Waals surface area contributed by atoms with Crippen LogP contribution in [0.1, 0.15) is 142 Å². The summed E-state index contributed by atoms with van der Waals surface area (Å²) in [6, 6.07) is 27.7. The van der Waals surface area contributed by atoms with Crippen LogP contribution in [0.3, 0.4) is 0 Å². The summed E-state index contributed by atoms with van der Waals surface area (Å²) in [4.78, 5) is 137. The van der Waals surface area contributed by atoms with Crippen LogP contribution in [0.15, 0.2) is 145 Å². The molecule has 684 valence electrons. The van der Waals surface area contributed by atoms with Crippen LogP contribution in [0.5, 0.6) is 0 Å². The largest absolute Gasteiger partial charge is 0.394 e. The Morgan fingerprint density at radius 1 is 0.331 bits per heavy atom. The van der Waals surface area contributed by atoms with E-state index in [0.717, 1.165) is 84.7 Å². The maximum atomic E-state index is 12.8. The first-order valence-electron chi connectivity index (χ1n) is 42.2. The number of Topliss-reactive ketones (excluding diaryl/α,β-unsaturated/α-hetero) is 1. The SMILES string of the molecule is CC(=O)Cn1cc(Cn2c(=O)c(=O)n3c4c(cccc42)C(C)(C)CC3)nn1.CC1(C)CCn2c(=O)c(=O)n(CC(O)CO)c3cccc1c32.CC1(C)CCn2c(=O)c(=O)n(C[C@@H](O)[C@H](O)[C@H](O)CO)c3cccc1c32.CC1(C)CCn2c(=O)c(=O)n(C[C@H](O)[C@@H](O)[C@H](O)CO)c3cccc1c32.CC1(C)CCn2c(=O)c(=O)n(C[C@H](O)[C@H](O)[C@H](O)CO)c3cccc1c32. The highest BCUT2D eigenvalue weighted by Crippen LogP contribution is 2.42. The fourth-order valence-electron chi connectivity index (χ4n) is 17.8. The van der Waals surface area contributed by atoms with E-state index >= 15 is 0 Å². The summed E-state index contributed by atoms with van der Waals surface area (Å²) >= 11 is 0. The molecule has 0 fully saturated rings. The van der Waals surface area contributed by atoms with Gasteiger partial charge in [-0.2, -0.15) is 0 Å². The van der Waals surface area contributed by atoms with Crippen molar-refractivity contribution in [3.63, 3.8) is 0 Å². The third kappa shape index (κ3) is 18.2. The van der Waals surface area contributed by atoms with Gasteiger partial charge in [0.2, 0.25) is 0 Å². The summed E-state index contributed by atoms with van der Waals surface area (Å²) in [7, 11) is 0. The summed E-state index contributed by atoms with van der Waals surface area (Å²) in [6.45, 7) is 21.2. The highest BCUT2D eigenvalue weighted by atomic mass is 16.4. The third-order valence-electron chi connectivity index (χ3n) is 25.6. The molecule has 5 aliphatic heterocycles. The van der Waals surface area contributed by atoms with E-state index in [4.69, 9.17) is 20.4 Å². The van der Waals surface area contributed by atoms with Crippen LogP contribution in [0.25, 0.3) is 55.2 Å². The van der Waals surface area contributed by atoms with E-state index in [-0.39, 0.29) is 72.1 Å². The maximum Gasteiger partial charge on any atom is 0.317 e. The van der Waals surface area contributed by atoms with Gasteiger partial charge in [0, 0.05) is 32.7 Å². The number of aliphatic hydroxyl groups is 14. The topological polar surface area (TPSA) is 551 Å². The molecule has 5 aromatic carbocycles. The molecular formula is C89H113N13O25. The standard InChI is InChI=1S/C19H21N5O3.3C18H24N2O6.C16H20N2O4/c1-12(25)9-22-10-13(20-21-22)11-24-15-6-4-5-14-16(15)23(17(26)18(24)27)8-7-19(14,2)3;3*1-18(2)6-7-19-14-10(18)4-3-5-11(14)20(17(26)16(19)25)8-12(22)15(24)13(23)9-21;1-16(2)6-7-17-13-11(16)4-3-5-12(13)18(8-10(20)9-19)15(22)14(17)21/h4-6,10H,7-9,11H2,1-3H3;3*3-5,12-13,15,21-24H,6-9H2,1-2H3;3-5,10,19-20H,6-9H2,1-2H3/t;12-,13+,15+;12-,13+,15-;12-,13-,15+;/m.001./s1. The van der Waals surface area contributed by atoms with Crippen LogP contribution in [-0.4, -0.2) is 225 Å². The normalized spacial score (nSPS) is 18.1. The first-order chi connectivity index (χ1) is 59.7. The van der Waals surface area contributed by atoms with Crippen LogP contribution in [0.2, 0.25) is 0 Å². The number of ketones is 1. The number of aryl methyl sites for hydroxylation is 5. The van der Waals surface area contributed by atoms with Crippen molar-refractivity contribution in [2.75, 3.05) is 26.4 Å². The van der Waals surface area contributed by atoms with Gasteiger partial charge in [-0.1, -0.05) is 135 Å². The van der Waals surface area contributed by atoms with E-state index in [0.29, 0.717) is 82.6 Å². The zero-order valence-corrected chi connectivity index (χ0v) is 72.7. The highest BCUT2D eigenvalue weighted by molar-refractivity contribution is 5.85. The van der Waals surface area contributed by atoms with E-state index in [2.05, 4.69) is 79.5 Å². The van der Waals surface area contributed by atoms with Crippen LogP contribution in [-0.2, 0) is 104 Å². The number of carbonyl (C=O) groups excluding carboxylic acids is 1. The maximum absolute atomic E-state index is 12.8. The van der Waals surface area contributed by atoms with Crippen molar-refractivity contribution in [3.05, 3.63) is 234 Å². The minimum absolute atomic E-state index is 0.0364. The molecule has 16 rings (SSSR count).